The highest BCUT2D eigenvalue weighted by Gasteiger charge is 2.14. The predicted molar refractivity (Wildman–Crippen MR) is 55.4 cm³/mol. The first-order valence-electron chi connectivity index (χ1n) is 4.90. The molecule has 4 heteroatoms. The highest BCUT2D eigenvalue weighted by molar-refractivity contribution is 5.92. The van der Waals surface area contributed by atoms with E-state index in [1.54, 1.807) is 4.68 Å². The lowest BCUT2D eigenvalue weighted by Crippen LogP contribution is -2.26. The van der Waals surface area contributed by atoms with Crippen LogP contribution in [0.5, 0.6) is 0 Å². The number of amides is 1. The first-order chi connectivity index (χ1) is 6.56. The summed E-state index contributed by atoms with van der Waals surface area (Å²) in [5.74, 6) is -0.0539. The monoisotopic (exact) mass is 195 g/mol. The predicted octanol–water partition coefficient (Wildman–Crippen LogP) is 1.52. The van der Waals surface area contributed by atoms with Crippen molar-refractivity contribution in [1.82, 2.24) is 15.1 Å². The average Bonchev–Trinajstić information content (AvgIpc) is 2.48. The smallest absolute Gasteiger partial charge is 0.269 e. The highest BCUT2D eigenvalue weighted by atomic mass is 16.2. The van der Waals surface area contributed by atoms with Crippen molar-refractivity contribution in [3.05, 3.63) is 17.5 Å². The molecule has 1 N–H and O–H groups in total. The lowest BCUT2D eigenvalue weighted by atomic mass is 10.3. The van der Waals surface area contributed by atoms with E-state index in [-0.39, 0.29) is 11.9 Å². The number of hydrogen-bond donors (Lipinski definition) is 1. The van der Waals surface area contributed by atoms with Crippen molar-refractivity contribution in [3.8, 4) is 0 Å². The van der Waals surface area contributed by atoms with Gasteiger partial charge in [0, 0.05) is 12.6 Å². The van der Waals surface area contributed by atoms with E-state index in [9.17, 15) is 4.79 Å². The second-order valence-corrected chi connectivity index (χ2v) is 3.57. The second-order valence-electron chi connectivity index (χ2n) is 3.57. The van der Waals surface area contributed by atoms with Crippen LogP contribution < -0.4 is 5.32 Å². The van der Waals surface area contributed by atoms with Gasteiger partial charge in [-0.2, -0.15) is 5.10 Å². The Morgan fingerprint density at radius 3 is 2.79 bits per heavy atom. The molecule has 0 saturated carbocycles. The molecule has 1 aromatic rings. The van der Waals surface area contributed by atoms with Crippen LogP contribution in [0.25, 0.3) is 0 Å². The lowest BCUT2D eigenvalue weighted by Gasteiger charge is -2.09. The molecule has 14 heavy (non-hydrogen) atoms. The van der Waals surface area contributed by atoms with Gasteiger partial charge in [0.2, 0.25) is 0 Å². The van der Waals surface area contributed by atoms with E-state index in [1.807, 2.05) is 33.8 Å². The van der Waals surface area contributed by atoms with Gasteiger partial charge in [-0.1, -0.05) is 0 Å². The van der Waals surface area contributed by atoms with Crippen LogP contribution in [0, 0.1) is 6.92 Å². The van der Waals surface area contributed by atoms with E-state index in [0.29, 0.717) is 12.2 Å². The normalized spacial score (nSPS) is 10.6. The maximum Gasteiger partial charge on any atom is 0.269 e. The first kappa shape index (κ1) is 10.8. The van der Waals surface area contributed by atoms with Gasteiger partial charge in [-0.15, -0.1) is 0 Å². The lowest BCUT2D eigenvalue weighted by molar-refractivity contribution is 0.0943. The van der Waals surface area contributed by atoms with Crippen LogP contribution in [-0.2, 0) is 0 Å². The summed E-state index contributed by atoms with van der Waals surface area (Å²) in [4.78, 5) is 11.6. The minimum atomic E-state index is -0.0539. The fourth-order valence-electron chi connectivity index (χ4n) is 1.33. The van der Waals surface area contributed by atoms with Gasteiger partial charge >= 0.3 is 0 Å². The zero-order valence-corrected chi connectivity index (χ0v) is 9.16. The molecule has 0 radical (unpaired) electrons. The summed E-state index contributed by atoms with van der Waals surface area (Å²) in [6, 6.07) is 2.02. The number of hydrogen-bond acceptors (Lipinski definition) is 2. The van der Waals surface area contributed by atoms with Gasteiger partial charge in [0.25, 0.3) is 5.91 Å². The van der Waals surface area contributed by atoms with Gasteiger partial charge in [0.1, 0.15) is 5.69 Å². The fraction of sp³-hybridized carbons (Fsp3) is 0.600. The van der Waals surface area contributed by atoms with Gasteiger partial charge in [-0.25, -0.2) is 0 Å². The van der Waals surface area contributed by atoms with Crippen molar-refractivity contribution < 1.29 is 4.79 Å². The summed E-state index contributed by atoms with van der Waals surface area (Å²) >= 11 is 0. The van der Waals surface area contributed by atoms with Crippen LogP contribution in [0.4, 0.5) is 0 Å². The third-order valence-corrected chi connectivity index (χ3v) is 1.92. The van der Waals surface area contributed by atoms with Gasteiger partial charge < -0.3 is 5.32 Å². The Hall–Kier alpha value is -1.32. The molecule has 0 aromatic carbocycles. The molecular formula is C10H17N3O. The number of nitrogens with one attached hydrogen (secondary N) is 1. The SMILES string of the molecule is CCNC(=O)c1cc(C)nn1C(C)C. The molecular weight excluding hydrogens is 178 g/mol. The maximum absolute atomic E-state index is 11.6. The average molecular weight is 195 g/mol. The van der Waals surface area contributed by atoms with Gasteiger partial charge in [0.05, 0.1) is 5.69 Å². The Balaban J connectivity index is 3.00. The summed E-state index contributed by atoms with van der Waals surface area (Å²) in [6.07, 6.45) is 0. The molecule has 78 valence electrons. The highest BCUT2D eigenvalue weighted by Crippen LogP contribution is 2.10. The van der Waals surface area contributed by atoms with Gasteiger partial charge in [-0.05, 0) is 33.8 Å². The molecule has 1 aromatic heterocycles. The van der Waals surface area contributed by atoms with Crippen LogP contribution in [0.2, 0.25) is 0 Å². The Morgan fingerprint density at radius 1 is 1.64 bits per heavy atom. The van der Waals surface area contributed by atoms with Gasteiger partial charge in [-0.3, -0.25) is 9.48 Å². The van der Waals surface area contributed by atoms with E-state index in [4.69, 9.17) is 0 Å². The number of rotatable bonds is 3. The van der Waals surface area contributed by atoms with Crippen LogP contribution >= 0.6 is 0 Å². The molecule has 0 aliphatic carbocycles. The van der Waals surface area contributed by atoms with Gasteiger partial charge in [0.15, 0.2) is 0 Å². The van der Waals surface area contributed by atoms with Crippen LogP contribution in [0.15, 0.2) is 6.07 Å². The zero-order valence-electron chi connectivity index (χ0n) is 9.16. The number of carbonyl (C=O) groups excluding carboxylic acids is 1. The van der Waals surface area contributed by atoms with Crippen LogP contribution in [-0.4, -0.2) is 22.2 Å². The Bertz CT molecular complexity index is 328. The Kier molecular flexibility index (Phi) is 3.28. The van der Waals surface area contributed by atoms with E-state index in [2.05, 4.69) is 10.4 Å². The van der Waals surface area contributed by atoms with E-state index in [1.165, 1.54) is 0 Å². The molecule has 4 nitrogen and oxygen atoms in total. The van der Waals surface area contributed by atoms with E-state index >= 15 is 0 Å². The summed E-state index contributed by atoms with van der Waals surface area (Å²) < 4.78 is 1.75. The summed E-state index contributed by atoms with van der Waals surface area (Å²) in [7, 11) is 0. The molecule has 0 unspecified atom stereocenters. The molecule has 0 bridgehead atoms. The van der Waals surface area contributed by atoms with Crippen molar-refractivity contribution in [2.24, 2.45) is 0 Å². The third-order valence-electron chi connectivity index (χ3n) is 1.92. The van der Waals surface area contributed by atoms with Crippen molar-refractivity contribution in [3.63, 3.8) is 0 Å². The van der Waals surface area contributed by atoms with Crippen LogP contribution in [0.1, 0.15) is 43.0 Å². The van der Waals surface area contributed by atoms with E-state index in [0.717, 1.165) is 5.69 Å². The van der Waals surface area contributed by atoms with E-state index < -0.39 is 0 Å². The molecule has 0 fully saturated rings. The zero-order chi connectivity index (χ0) is 10.7. The number of aromatic nitrogens is 2. The summed E-state index contributed by atoms with van der Waals surface area (Å²) in [6.45, 7) is 8.45. The second kappa shape index (κ2) is 4.26. The third kappa shape index (κ3) is 2.13. The summed E-state index contributed by atoms with van der Waals surface area (Å²) in [5.41, 5.74) is 1.51. The molecule has 0 aliphatic rings. The molecule has 1 heterocycles. The van der Waals surface area contributed by atoms with Crippen LogP contribution in [0.3, 0.4) is 0 Å². The number of aryl methyl sites for hydroxylation is 1. The topological polar surface area (TPSA) is 46.9 Å². The molecule has 0 atom stereocenters. The molecule has 1 amide bonds. The summed E-state index contributed by atoms with van der Waals surface area (Å²) in [5, 5.41) is 7.04. The van der Waals surface area contributed by atoms with Crippen molar-refractivity contribution in [2.45, 2.75) is 33.7 Å². The largest absolute Gasteiger partial charge is 0.351 e. The maximum atomic E-state index is 11.6. The minimum absolute atomic E-state index is 0.0539. The van der Waals surface area contributed by atoms with Crippen molar-refractivity contribution >= 4 is 5.91 Å². The quantitative estimate of drug-likeness (QED) is 0.795. The van der Waals surface area contributed by atoms with Crippen molar-refractivity contribution in [1.29, 1.82) is 0 Å². The molecule has 1 rings (SSSR count). The molecule has 0 spiro atoms. The minimum Gasteiger partial charge on any atom is -0.351 e. The Labute approximate surface area is 84.3 Å². The van der Waals surface area contributed by atoms with Crippen molar-refractivity contribution in [2.75, 3.05) is 6.54 Å². The first-order valence-corrected chi connectivity index (χ1v) is 4.90. The molecule has 0 aliphatic heterocycles. The standard InChI is InChI=1S/C10H17N3O/c1-5-11-10(14)9-6-8(4)12-13(9)7(2)3/h6-7H,5H2,1-4H3,(H,11,14). The fourth-order valence-corrected chi connectivity index (χ4v) is 1.33. The number of carbonyl (C=O) groups is 1. The number of nitrogens with zero attached hydrogens (tertiary/aromatic N) is 2. The Morgan fingerprint density at radius 2 is 2.29 bits per heavy atom. The molecule has 0 saturated heterocycles.